The Morgan fingerprint density at radius 3 is 2.19 bits per heavy atom. The summed E-state index contributed by atoms with van der Waals surface area (Å²) in [5.41, 5.74) is 0.399. The Kier molecular flexibility index (Phi) is 8.82. The number of anilines is 1. The van der Waals surface area contributed by atoms with Crippen LogP contribution >= 0.6 is 11.6 Å². The molecule has 0 unspecified atom stereocenters. The van der Waals surface area contributed by atoms with E-state index in [-0.39, 0.29) is 23.4 Å². The second kappa shape index (κ2) is 11.6. The molecule has 1 aliphatic carbocycles. The highest BCUT2D eigenvalue weighted by Crippen LogP contribution is 2.27. The molecule has 0 aromatic heterocycles. The van der Waals surface area contributed by atoms with E-state index < -0.39 is 10.0 Å². The van der Waals surface area contributed by atoms with E-state index in [1.165, 1.54) is 43.5 Å². The van der Waals surface area contributed by atoms with Gasteiger partial charge in [0.2, 0.25) is 5.91 Å². The maximum atomic E-state index is 13.5. The SMILES string of the molecule is CCOc1ccc(N(CC(=O)NC2CCCCCCC2)S(=O)(=O)c2ccc(Cl)cc2)cc1. The van der Waals surface area contributed by atoms with Gasteiger partial charge in [0, 0.05) is 11.1 Å². The fourth-order valence-electron chi connectivity index (χ4n) is 3.93. The molecule has 1 amide bonds. The highest BCUT2D eigenvalue weighted by molar-refractivity contribution is 7.92. The summed E-state index contributed by atoms with van der Waals surface area (Å²) in [7, 11) is -3.97. The molecule has 2 aromatic rings. The van der Waals surface area contributed by atoms with Crippen molar-refractivity contribution in [2.24, 2.45) is 0 Å². The number of sulfonamides is 1. The van der Waals surface area contributed by atoms with Gasteiger partial charge in [0.15, 0.2) is 0 Å². The zero-order valence-electron chi connectivity index (χ0n) is 18.4. The minimum atomic E-state index is -3.97. The maximum Gasteiger partial charge on any atom is 0.264 e. The number of ether oxygens (including phenoxy) is 1. The van der Waals surface area contributed by atoms with Gasteiger partial charge in [0.1, 0.15) is 12.3 Å². The summed E-state index contributed by atoms with van der Waals surface area (Å²) in [6.45, 7) is 2.09. The van der Waals surface area contributed by atoms with Gasteiger partial charge in [0.05, 0.1) is 17.2 Å². The molecule has 1 N–H and O–H groups in total. The van der Waals surface area contributed by atoms with Crippen molar-refractivity contribution >= 4 is 33.2 Å². The van der Waals surface area contributed by atoms with Crippen LogP contribution in [-0.2, 0) is 14.8 Å². The Labute approximate surface area is 196 Å². The number of nitrogens with one attached hydrogen (secondary N) is 1. The average Bonchev–Trinajstić information content (AvgIpc) is 2.75. The van der Waals surface area contributed by atoms with Gasteiger partial charge >= 0.3 is 0 Å². The van der Waals surface area contributed by atoms with Crippen LogP contribution in [0.15, 0.2) is 53.4 Å². The number of hydrogen-bond donors (Lipinski definition) is 1. The first-order chi connectivity index (χ1) is 15.4. The van der Waals surface area contributed by atoms with Gasteiger partial charge in [-0.05, 0) is 68.3 Å². The normalized spacial score (nSPS) is 15.4. The lowest BCUT2D eigenvalue weighted by Crippen LogP contribution is -2.44. The number of benzene rings is 2. The summed E-state index contributed by atoms with van der Waals surface area (Å²) in [5.74, 6) is 0.334. The Hall–Kier alpha value is -2.25. The molecule has 2 aromatic carbocycles. The molecule has 1 saturated carbocycles. The highest BCUT2D eigenvalue weighted by atomic mass is 35.5. The average molecular weight is 479 g/mol. The quantitative estimate of drug-likeness (QED) is 0.568. The molecule has 0 aliphatic heterocycles. The van der Waals surface area contributed by atoms with Crippen LogP contribution < -0.4 is 14.4 Å². The van der Waals surface area contributed by atoms with E-state index in [0.717, 1.165) is 30.0 Å². The van der Waals surface area contributed by atoms with Crippen LogP contribution in [0.2, 0.25) is 5.02 Å². The van der Waals surface area contributed by atoms with Crippen LogP contribution in [0, 0.1) is 0 Å². The van der Waals surface area contributed by atoms with E-state index in [1.807, 2.05) is 6.92 Å². The van der Waals surface area contributed by atoms with E-state index in [9.17, 15) is 13.2 Å². The second-order valence-corrected chi connectivity index (χ2v) is 10.3. The van der Waals surface area contributed by atoms with Gasteiger partial charge in [-0.1, -0.05) is 43.7 Å². The topological polar surface area (TPSA) is 75.7 Å². The molecule has 1 aliphatic rings. The molecule has 6 nitrogen and oxygen atoms in total. The van der Waals surface area contributed by atoms with Crippen LogP contribution in [0.5, 0.6) is 5.75 Å². The van der Waals surface area contributed by atoms with Gasteiger partial charge in [-0.15, -0.1) is 0 Å². The van der Waals surface area contributed by atoms with Crippen molar-refractivity contribution in [2.75, 3.05) is 17.5 Å². The van der Waals surface area contributed by atoms with Crippen molar-refractivity contribution in [3.05, 3.63) is 53.6 Å². The molecule has 0 atom stereocenters. The first kappa shape index (κ1) is 24.4. The minimum Gasteiger partial charge on any atom is -0.494 e. The minimum absolute atomic E-state index is 0.0783. The Bertz CT molecular complexity index is 970. The summed E-state index contributed by atoms with van der Waals surface area (Å²) < 4.78 is 33.5. The van der Waals surface area contributed by atoms with Crippen LogP contribution in [0.3, 0.4) is 0 Å². The zero-order chi connectivity index (χ0) is 23.0. The predicted octanol–water partition coefficient (Wildman–Crippen LogP) is 5.16. The van der Waals surface area contributed by atoms with Crippen molar-refractivity contribution in [3.63, 3.8) is 0 Å². The smallest absolute Gasteiger partial charge is 0.264 e. The lowest BCUT2D eigenvalue weighted by Gasteiger charge is -2.26. The molecule has 0 bridgehead atoms. The molecule has 0 saturated heterocycles. The number of rotatable bonds is 8. The fraction of sp³-hybridized carbons (Fsp3) is 0.458. The predicted molar refractivity (Wildman–Crippen MR) is 128 cm³/mol. The summed E-state index contributed by atoms with van der Waals surface area (Å²) in [6, 6.07) is 12.8. The molecular formula is C24H31ClN2O4S. The van der Waals surface area contributed by atoms with Crippen molar-refractivity contribution < 1.29 is 17.9 Å². The van der Waals surface area contributed by atoms with Crippen molar-refractivity contribution in [1.29, 1.82) is 0 Å². The number of halogens is 1. The van der Waals surface area contributed by atoms with E-state index in [1.54, 1.807) is 24.3 Å². The number of hydrogen-bond acceptors (Lipinski definition) is 4. The Morgan fingerprint density at radius 2 is 1.59 bits per heavy atom. The summed E-state index contributed by atoms with van der Waals surface area (Å²) in [6.07, 6.45) is 7.61. The van der Waals surface area contributed by atoms with Gasteiger partial charge in [-0.25, -0.2) is 8.42 Å². The van der Waals surface area contributed by atoms with Crippen molar-refractivity contribution in [3.8, 4) is 5.75 Å². The molecule has 0 radical (unpaired) electrons. The lowest BCUT2D eigenvalue weighted by molar-refractivity contribution is -0.120. The van der Waals surface area contributed by atoms with Crippen LogP contribution in [0.25, 0.3) is 0 Å². The molecular weight excluding hydrogens is 448 g/mol. The Balaban J connectivity index is 1.84. The van der Waals surface area contributed by atoms with Gasteiger partial charge < -0.3 is 10.1 Å². The van der Waals surface area contributed by atoms with Crippen LogP contribution in [-0.4, -0.2) is 33.5 Å². The number of carbonyl (C=O) groups excluding carboxylic acids is 1. The first-order valence-corrected chi connectivity index (χ1v) is 13.0. The molecule has 0 spiro atoms. The van der Waals surface area contributed by atoms with E-state index in [0.29, 0.717) is 23.1 Å². The van der Waals surface area contributed by atoms with Crippen LogP contribution in [0.4, 0.5) is 5.69 Å². The zero-order valence-corrected chi connectivity index (χ0v) is 20.0. The molecule has 1 fully saturated rings. The largest absolute Gasteiger partial charge is 0.494 e. The lowest BCUT2D eigenvalue weighted by atomic mass is 9.97. The number of amides is 1. The van der Waals surface area contributed by atoms with Crippen LogP contribution in [0.1, 0.15) is 51.9 Å². The fourth-order valence-corrected chi connectivity index (χ4v) is 5.48. The van der Waals surface area contributed by atoms with Crippen molar-refractivity contribution in [2.45, 2.75) is 62.8 Å². The molecule has 32 heavy (non-hydrogen) atoms. The van der Waals surface area contributed by atoms with E-state index in [4.69, 9.17) is 16.3 Å². The molecule has 174 valence electrons. The standard InChI is InChI=1S/C24H31ClN2O4S/c1-2-31-22-14-12-21(13-15-22)27(32(29,30)23-16-10-19(25)11-17-23)18-24(28)26-20-8-6-4-3-5-7-9-20/h10-17,20H,2-9,18H2,1H3,(H,26,28). The molecule has 0 heterocycles. The second-order valence-electron chi connectivity index (χ2n) is 8.00. The summed E-state index contributed by atoms with van der Waals surface area (Å²) >= 11 is 5.94. The van der Waals surface area contributed by atoms with Crippen molar-refractivity contribution in [1.82, 2.24) is 5.32 Å². The maximum absolute atomic E-state index is 13.5. The number of nitrogens with zero attached hydrogens (tertiary/aromatic N) is 1. The first-order valence-electron chi connectivity index (χ1n) is 11.2. The summed E-state index contributed by atoms with van der Waals surface area (Å²) in [4.78, 5) is 13.0. The Morgan fingerprint density at radius 1 is 1.00 bits per heavy atom. The monoisotopic (exact) mass is 478 g/mol. The molecule has 3 rings (SSSR count). The third-order valence-electron chi connectivity index (χ3n) is 5.59. The third kappa shape index (κ3) is 6.62. The van der Waals surface area contributed by atoms with Gasteiger partial charge in [-0.3, -0.25) is 9.10 Å². The highest BCUT2D eigenvalue weighted by Gasteiger charge is 2.28. The van der Waals surface area contributed by atoms with E-state index >= 15 is 0 Å². The van der Waals surface area contributed by atoms with Gasteiger partial charge in [-0.2, -0.15) is 0 Å². The summed E-state index contributed by atoms with van der Waals surface area (Å²) in [5, 5.41) is 3.50. The third-order valence-corrected chi connectivity index (χ3v) is 7.63. The number of carbonyl (C=O) groups is 1. The molecule has 8 heteroatoms. The van der Waals surface area contributed by atoms with E-state index in [2.05, 4.69) is 5.32 Å². The van der Waals surface area contributed by atoms with Gasteiger partial charge in [0.25, 0.3) is 10.0 Å².